The number of para-hydroxylation sites is 2. The molecule has 5 unspecified atom stereocenters. The molecule has 37 heavy (non-hydrogen) atoms. The molecule has 6 heteroatoms. The number of hydrogen-bond acceptors (Lipinski definition) is 5. The van der Waals surface area contributed by atoms with E-state index in [9.17, 15) is 19.5 Å². The number of carboxylic acid groups (broad SMARTS) is 1. The highest BCUT2D eigenvalue weighted by Crippen LogP contribution is 2.74. The van der Waals surface area contributed by atoms with Crippen LogP contribution in [-0.4, -0.2) is 24.9 Å². The number of ether oxygens (including phenoxy) is 1. The molecule has 2 bridgehead atoms. The van der Waals surface area contributed by atoms with Crippen LogP contribution < -0.4 is 14.7 Å². The Bertz CT molecular complexity index is 1220. The van der Waals surface area contributed by atoms with E-state index in [1.54, 1.807) is 19.2 Å². The second kappa shape index (κ2) is 7.94. The predicted octanol–water partition coefficient (Wildman–Crippen LogP) is 4.38. The summed E-state index contributed by atoms with van der Waals surface area (Å²) >= 11 is 0. The van der Waals surface area contributed by atoms with Crippen molar-refractivity contribution < 1.29 is 24.2 Å². The molecule has 0 aromatic heterocycles. The minimum absolute atomic E-state index is 0.000238. The lowest BCUT2D eigenvalue weighted by Crippen LogP contribution is -2.66. The fraction of sp³-hybridized carbons (Fsp3) is 0.645. The van der Waals surface area contributed by atoms with Crippen LogP contribution in [0.15, 0.2) is 35.9 Å². The highest BCUT2D eigenvalue weighted by atomic mass is 16.5. The topological polar surface area (TPSA) is 86.7 Å². The predicted molar refractivity (Wildman–Crippen MR) is 137 cm³/mol. The normalized spacial score (nSPS) is 42.3. The smallest absolute Gasteiger partial charge is 0.238 e. The summed E-state index contributed by atoms with van der Waals surface area (Å²) in [5.74, 6) is -0.950. The molecular weight excluding hydrogens is 466 g/mol. The first-order valence-corrected chi connectivity index (χ1v) is 14.0. The number of allylic oxidation sites excluding steroid dienone is 2. The van der Waals surface area contributed by atoms with Gasteiger partial charge in [-0.1, -0.05) is 57.9 Å². The molecule has 1 aromatic rings. The molecule has 1 heterocycles. The lowest BCUT2D eigenvalue weighted by atomic mass is 9.34. The van der Waals surface area contributed by atoms with Gasteiger partial charge in [-0.05, 0) is 73.3 Å². The third-order valence-corrected chi connectivity index (χ3v) is 11.5. The third-order valence-electron chi connectivity index (χ3n) is 11.5. The molecule has 7 rings (SSSR count). The first-order valence-electron chi connectivity index (χ1n) is 14.0. The van der Waals surface area contributed by atoms with Crippen molar-refractivity contribution in [1.29, 1.82) is 0 Å². The summed E-state index contributed by atoms with van der Waals surface area (Å²) in [5.41, 5.74) is 0.331. The van der Waals surface area contributed by atoms with E-state index in [4.69, 9.17) is 4.74 Å². The van der Waals surface area contributed by atoms with Gasteiger partial charge in [-0.15, -0.1) is 0 Å². The highest BCUT2D eigenvalue weighted by molar-refractivity contribution is 6.23. The zero-order chi connectivity index (χ0) is 26.5. The Morgan fingerprint density at radius 2 is 1.81 bits per heavy atom. The van der Waals surface area contributed by atoms with Crippen molar-refractivity contribution >= 4 is 23.5 Å². The number of aliphatic carboxylic acids is 1. The van der Waals surface area contributed by atoms with Crippen LogP contribution in [0.4, 0.5) is 5.69 Å². The van der Waals surface area contributed by atoms with E-state index in [0.29, 0.717) is 17.9 Å². The highest BCUT2D eigenvalue weighted by Gasteiger charge is 2.73. The molecule has 1 spiro atoms. The fourth-order valence-corrected chi connectivity index (χ4v) is 10.00. The average molecular weight is 505 g/mol. The van der Waals surface area contributed by atoms with E-state index >= 15 is 0 Å². The molecule has 1 aliphatic heterocycles. The maximum absolute atomic E-state index is 14.4. The lowest BCUT2D eigenvalue weighted by Gasteiger charge is -2.69. The largest absolute Gasteiger partial charge is 0.550 e. The summed E-state index contributed by atoms with van der Waals surface area (Å²) in [6.45, 7) is 8.54. The van der Waals surface area contributed by atoms with Crippen LogP contribution in [0.5, 0.6) is 5.75 Å². The second-order valence-corrected chi connectivity index (χ2v) is 13.1. The van der Waals surface area contributed by atoms with E-state index in [2.05, 4.69) is 26.8 Å². The van der Waals surface area contributed by atoms with Gasteiger partial charge in [0.15, 0.2) is 0 Å². The molecule has 8 atom stereocenters. The summed E-state index contributed by atoms with van der Waals surface area (Å²) in [7, 11) is 1.56. The summed E-state index contributed by atoms with van der Waals surface area (Å²) in [4.78, 5) is 42.3. The van der Waals surface area contributed by atoms with Crippen molar-refractivity contribution in [3.8, 4) is 5.75 Å². The van der Waals surface area contributed by atoms with Crippen molar-refractivity contribution in [1.82, 2.24) is 0 Å². The number of carbonyl (C=O) groups is 3. The Balaban J connectivity index is 1.50. The molecule has 1 aromatic carbocycles. The maximum Gasteiger partial charge on any atom is 0.238 e. The van der Waals surface area contributed by atoms with Gasteiger partial charge in [-0.25, -0.2) is 4.90 Å². The number of methoxy groups -OCH3 is 1. The van der Waals surface area contributed by atoms with Gasteiger partial charge in [0.1, 0.15) is 5.75 Å². The van der Waals surface area contributed by atoms with Crippen molar-refractivity contribution in [3.63, 3.8) is 0 Å². The number of benzene rings is 1. The number of rotatable bonds is 4. The van der Waals surface area contributed by atoms with Crippen LogP contribution in [0.2, 0.25) is 0 Å². The second-order valence-electron chi connectivity index (χ2n) is 13.1. The van der Waals surface area contributed by atoms with E-state index < -0.39 is 22.7 Å². The molecule has 5 aliphatic carbocycles. The fourth-order valence-electron chi connectivity index (χ4n) is 10.00. The summed E-state index contributed by atoms with van der Waals surface area (Å²) in [6.07, 6.45) is 7.19. The number of carbonyl (C=O) groups excluding carboxylic acids is 3. The number of anilines is 1. The lowest BCUT2D eigenvalue weighted by molar-refractivity contribution is -0.328. The van der Waals surface area contributed by atoms with Crippen molar-refractivity contribution in [2.24, 2.45) is 51.8 Å². The molecule has 3 saturated carbocycles. The Kier molecular flexibility index (Phi) is 5.30. The molecule has 6 nitrogen and oxygen atoms in total. The molecule has 1 saturated heterocycles. The summed E-state index contributed by atoms with van der Waals surface area (Å²) < 4.78 is 5.55. The zero-order valence-electron chi connectivity index (χ0n) is 22.6. The quantitative estimate of drug-likeness (QED) is 0.449. The van der Waals surface area contributed by atoms with Crippen molar-refractivity contribution in [2.45, 2.75) is 66.2 Å². The van der Waals surface area contributed by atoms with Gasteiger partial charge >= 0.3 is 0 Å². The number of nitrogens with zero attached hydrogens (tertiary/aromatic N) is 1. The number of carboxylic acids is 1. The van der Waals surface area contributed by atoms with Crippen LogP contribution in [0.1, 0.15) is 66.2 Å². The zero-order valence-corrected chi connectivity index (χ0v) is 22.6. The minimum atomic E-state index is -0.939. The number of hydrogen-bond donors (Lipinski definition) is 0. The van der Waals surface area contributed by atoms with E-state index in [-0.39, 0.29) is 46.8 Å². The van der Waals surface area contributed by atoms with Gasteiger partial charge in [0, 0.05) is 16.8 Å². The Morgan fingerprint density at radius 3 is 2.49 bits per heavy atom. The Morgan fingerprint density at radius 1 is 1.08 bits per heavy atom. The van der Waals surface area contributed by atoms with Gasteiger partial charge in [0.05, 0.1) is 24.6 Å². The molecular formula is C31H38NO5-. The van der Waals surface area contributed by atoms with Crippen molar-refractivity contribution in [3.05, 3.63) is 35.9 Å². The van der Waals surface area contributed by atoms with Gasteiger partial charge < -0.3 is 14.6 Å². The molecule has 0 radical (unpaired) electrons. The molecule has 6 aliphatic rings. The number of imide groups is 1. The van der Waals surface area contributed by atoms with E-state index in [1.165, 1.54) is 10.5 Å². The molecule has 2 amide bonds. The van der Waals surface area contributed by atoms with Gasteiger partial charge in [-0.3, -0.25) is 9.59 Å². The van der Waals surface area contributed by atoms with Crippen molar-refractivity contribution in [2.75, 3.05) is 12.0 Å². The number of amides is 2. The van der Waals surface area contributed by atoms with Gasteiger partial charge in [-0.2, -0.15) is 0 Å². The van der Waals surface area contributed by atoms with Gasteiger partial charge in [0.25, 0.3) is 0 Å². The SMILES string of the molecule is COc1ccccc1N1C(=O)C2C3CC4[C@@]5(C)CCC[C@@](C)(C(=O)[O-])C5CC[C@@]4(C=C3C(C)C)C2C1=O. The average Bonchev–Trinajstić information content (AvgIpc) is 3.15. The molecule has 4 fully saturated rings. The van der Waals surface area contributed by atoms with Crippen LogP contribution in [-0.2, 0) is 14.4 Å². The standard InChI is InChI=1S/C31H39NO5/c1-17(2)19-16-31-14-11-22-29(3,12-8-13-30(22,4)28(35)36)23(31)15-18(19)24-25(31)27(34)32(26(24)33)20-9-6-7-10-21(20)37-5/h6-7,9-10,16-18,22-25H,8,11-15H2,1-5H3,(H,35,36)/p-1/t18?,22?,23?,24?,25?,29-,30+,31-/m0/s1. The molecule has 0 N–H and O–H groups in total. The third kappa shape index (κ3) is 2.96. The van der Waals surface area contributed by atoms with Crippen LogP contribution in [0.25, 0.3) is 0 Å². The molecule has 198 valence electrons. The van der Waals surface area contributed by atoms with E-state index in [0.717, 1.165) is 32.1 Å². The first kappa shape index (κ1) is 24.7. The summed E-state index contributed by atoms with van der Waals surface area (Å²) in [5, 5.41) is 12.4. The first-order chi connectivity index (χ1) is 17.5. The van der Waals surface area contributed by atoms with Crippen LogP contribution >= 0.6 is 0 Å². The summed E-state index contributed by atoms with van der Waals surface area (Å²) in [6, 6.07) is 7.27. The number of fused-ring (bicyclic) bond motifs is 1. The van der Waals surface area contributed by atoms with Crippen LogP contribution in [0, 0.1) is 51.8 Å². The van der Waals surface area contributed by atoms with Gasteiger partial charge in [0.2, 0.25) is 11.8 Å². The van der Waals surface area contributed by atoms with Crippen LogP contribution in [0.3, 0.4) is 0 Å². The maximum atomic E-state index is 14.4. The Hall–Kier alpha value is -2.63. The van der Waals surface area contributed by atoms with E-state index in [1.807, 2.05) is 19.1 Å². The minimum Gasteiger partial charge on any atom is -0.550 e. The Labute approximate surface area is 219 Å². The monoisotopic (exact) mass is 504 g/mol.